The summed E-state index contributed by atoms with van der Waals surface area (Å²) in [6.45, 7) is 0.427. The summed E-state index contributed by atoms with van der Waals surface area (Å²) < 4.78 is 6.62. The molecule has 0 aliphatic heterocycles. The second-order valence-corrected chi connectivity index (χ2v) is 5.56. The number of carbonyl (C=O) groups is 1. The number of methoxy groups -OCH3 is 1. The Labute approximate surface area is 145 Å². The predicted octanol–water partition coefficient (Wildman–Crippen LogP) is 1.78. The topological polar surface area (TPSA) is 81.9 Å². The van der Waals surface area contributed by atoms with Crippen LogP contribution >= 0.6 is 0 Å². The minimum absolute atomic E-state index is 0.132. The Bertz CT molecular complexity index is 788. The van der Waals surface area contributed by atoms with Gasteiger partial charge in [0.05, 0.1) is 7.11 Å². The molecule has 7 heteroatoms. The second kappa shape index (κ2) is 8.05. The minimum atomic E-state index is -0.504. The number of hydrogen-bond acceptors (Lipinski definition) is 5. The van der Waals surface area contributed by atoms with E-state index in [9.17, 15) is 4.79 Å². The molecular weight excluding hydrogens is 318 g/mol. The molecule has 0 saturated heterocycles. The first-order chi connectivity index (χ1) is 12.3. The van der Waals surface area contributed by atoms with E-state index in [2.05, 4.69) is 20.8 Å². The Morgan fingerprint density at radius 3 is 2.52 bits per heavy atom. The Morgan fingerprint density at radius 2 is 1.88 bits per heavy atom. The normalized spacial score (nSPS) is 11.7. The van der Waals surface area contributed by atoms with Gasteiger partial charge in [-0.1, -0.05) is 42.5 Å². The number of carbonyl (C=O) groups excluding carboxylic acids is 1. The molecule has 1 amide bonds. The smallest absolute Gasteiger partial charge is 0.245 e. The van der Waals surface area contributed by atoms with E-state index in [0.717, 1.165) is 16.9 Å². The van der Waals surface area contributed by atoms with Crippen LogP contribution in [0.3, 0.4) is 0 Å². The molecule has 1 N–H and O–H groups in total. The van der Waals surface area contributed by atoms with E-state index in [1.807, 2.05) is 54.6 Å². The molecule has 25 heavy (non-hydrogen) atoms. The molecule has 0 bridgehead atoms. The third kappa shape index (κ3) is 4.41. The molecule has 0 aliphatic carbocycles. The molecule has 0 saturated carbocycles. The maximum atomic E-state index is 12.7. The van der Waals surface area contributed by atoms with E-state index in [0.29, 0.717) is 13.0 Å². The van der Waals surface area contributed by atoms with Gasteiger partial charge in [-0.3, -0.25) is 4.79 Å². The third-order valence-electron chi connectivity index (χ3n) is 3.88. The second-order valence-electron chi connectivity index (χ2n) is 5.56. The van der Waals surface area contributed by atoms with Crippen molar-refractivity contribution < 1.29 is 9.53 Å². The number of rotatable bonds is 7. The SMILES string of the molecule is COc1ccc(CNC(=O)[C@@H](Cc2ccccc2)n2cnnn2)cc1. The van der Waals surface area contributed by atoms with Crippen molar-refractivity contribution in [2.45, 2.75) is 19.0 Å². The molecule has 0 unspecified atom stereocenters. The Kier molecular flexibility index (Phi) is 5.36. The van der Waals surface area contributed by atoms with Crippen LogP contribution in [0.25, 0.3) is 0 Å². The number of amides is 1. The highest BCUT2D eigenvalue weighted by Crippen LogP contribution is 2.14. The summed E-state index contributed by atoms with van der Waals surface area (Å²) in [5.74, 6) is 0.651. The van der Waals surface area contributed by atoms with E-state index in [1.165, 1.54) is 11.0 Å². The summed E-state index contributed by atoms with van der Waals surface area (Å²) in [4.78, 5) is 12.7. The first kappa shape index (κ1) is 16.6. The first-order valence-electron chi connectivity index (χ1n) is 7.93. The van der Waals surface area contributed by atoms with Crippen LogP contribution in [0.4, 0.5) is 0 Å². The Hall–Kier alpha value is -3.22. The van der Waals surface area contributed by atoms with Crippen LogP contribution in [0.1, 0.15) is 17.2 Å². The van der Waals surface area contributed by atoms with Crippen molar-refractivity contribution in [3.8, 4) is 5.75 Å². The lowest BCUT2D eigenvalue weighted by molar-refractivity contribution is -0.124. The fraction of sp³-hybridized carbons (Fsp3) is 0.222. The van der Waals surface area contributed by atoms with Crippen molar-refractivity contribution in [3.05, 3.63) is 72.1 Å². The van der Waals surface area contributed by atoms with Crippen LogP contribution in [0, 0.1) is 0 Å². The first-order valence-corrected chi connectivity index (χ1v) is 7.93. The van der Waals surface area contributed by atoms with Crippen LogP contribution in [0.2, 0.25) is 0 Å². The number of ether oxygens (including phenoxy) is 1. The van der Waals surface area contributed by atoms with Crippen molar-refractivity contribution in [2.75, 3.05) is 7.11 Å². The van der Waals surface area contributed by atoms with Gasteiger partial charge >= 0.3 is 0 Å². The molecule has 7 nitrogen and oxygen atoms in total. The molecule has 0 aliphatic rings. The summed E-state index contributed by atoms with van der Waals surface area (Å²) >= 11 is 0. The standard InChI is InChI=1S/C18H19N5O2/c1-25-16-9-7-15(8-10-16)12-19-18(24)17(23-13-20-21-22-23)11-14-5-3-2-4-6-14/h2-10,13,17H,11-12H2,1H3,(H,19,24)/t17-/m1/s1. The number of aromatic nitrogens is 4. The van der Waals surface area contributed by atoms with Crippen LogP contribution < -0.4 is 10.1 Å². The van der Waals surface area contributed by atoms with Crippen molar-refractivity contribution in [1.29, 1.82) is 0 Å². The summed E-state index contributed by atoms with van der Waals surface area (Å²) in [6.07, 6.45) is 1.97. The largest absolute Gasteiger partial charge is 0.497 e. The minimum Gasteiger partial charge on any atom is -0.497 e. The van der Waals surface area contributed by atoms with Crippen LogP contribution in [0.15, 0.2) is 60.9 Å². The maximum absolute atomic E-state index is 12.7. The highest BCUT2D eigenvalue weighted by Gasteiger charge is 2.22. The zero-order valence-corrected chi connectivity index (χ0v) is 13.9. The summed E-state index contributed by atoms with van der Waals surface area (Å²) in [5, 5.41) is 14.1. The van der Waals surface area contributed by atoms with Gasteiger partial charge in [-0.05, 0) is 33.7 Å². The molecule has 3 aromatic rings. The number of nitrogens with one attached hydrogen (secondary N) is 1. The lowest BCUT2D eigenvalue weighted by Gasteiger charge is -2.16. The molecular formula is C18H19N5O2. The molecule has 0 fully saturated rings. The van der Waals surface area contributed by atoms with Crippen molar-refractivity contribution in [1.82, 2.24) is 25.5 Å². The van der Waals surface area contributed by atoms with Gasteiger partial charge in [0.15, 0.2) is 0 Å². The lowest BCUT2D eigenvalue weighted by atomic mass is 10.1. The number of nitrogens with zero attached hydrogens (tertiary/aromatic N) is 4. The van der Waals surface area contributed by atoms with Gasteiger partial charge in [0.2, 0.25) is 5.91 Å². The summed E-state index contributed by atoms with van der Waals surface area (Å²) in [5.41, 5.74) is 2.03. The van der Waals surface area contributed by atoms with Crippen molar-refractivity contribution in [3.63, 3.8) is 0 Å². The zero-order valence-electron chi connectivity index (χ0n) is 13.9. The van der Waals surface area contributed by atoms with E-state index in [-0.39, 0.29) is 5.91 Å². The average Bonchev–Trinajstić information content (AvgIpc) is 3.20. The zero-order chi connectivity index (χ0) is 17.5. The quantitative estimate of drug-likeness (QED) is 0.711. The highest BCUT2D eigenvalue weighted by molar-refractivity contribution is 5.80. The van der Waals surface area contributed by atoms with Gasteiger partial charge in [0, 0.05) is 13.0 Å². The van der Waals surface area contributed by atoms with Gasteiger partial charge in [-0.25, -0.2) is 4.68 Å². The van der Waals surface area contributed by atoms with Gasteiger partial charge in [-0.15, -0.1) is 5.10 Å². The average molecular weight is 337 g/mol. The Balaban J connectivity index is 1.68. The summed E-state index contributed by atoms with van der Waals surface area (Å²) in [7, 11) is 1.62. The maximum Gasteiger partial charge on any atom is 0.245 e. The van der Waals surface area contributed by atoms with E-state index < -0.39 is 6.04 Å². The number of hydrogen-bond donors (Lipinski definition) is 1. The fourth-order valence-corrected chi connectivity index (χ4v) is 2.51. The molecule has 1 atom stereocenters. The van der Waals surface area contributed by atoms with E-state index in [1.54, 1.807) is 7.11 Å². The molecule has 128 valence electrons. The van der Waals surface area contributed by atoms with E-state index >= 15 is 0 Å². The molecule has 1 heterocycles. The fourth-order valence-electron chi connectivity index (χ4n) is 2.51. The van der Waals surface area contributed by atoms with Crippen molar-refractivity contribution in [2.24, 2.45) is 0 Å². The van der Waals surface area contributed by atoms with Gasteiger partial charge < -0.3 is 10.1 Å². The number of benzene rings is 2. The van der Waals surface area contributed by atoms with Crippen molar-refractivity contribution >= 4 is 5.91 Å². The third-order valence-corrected chi connectivity index (χ3v) is 3.88. The summed E-state index contributed by atoms with van der Waals surface area (Å²) in [6, 6.07) is 16.9. The highest BCUT2D eigenvalue weighted by atomic mass is 16.5. The van der Waals surface area contributed by atoms with E-state index in [4.69, 9.17) is 4.74 Å². The van der Waals surface area contributed by atoms with Gasteiger partial charge in [0.1, 0.15) is 18.1 Å². The van der Waals surface area contributed by atoms with Gasteiger partial charge in [-0.2, -0.15) is 0 Å². The molecule has 3 rings (SSSR count). The Morgan fingerprint density at radius 1 is 1.12 bits per heavy atom. The van der Waals surface area contributed by atoms with Crippen LogP contribution in [-0.2, 0) is 17.8 Å². The van der Waals surface area contributed by atoms with Crippen LogP contribution in [-0.4, -0.2) is 33.2 Å². The molecule has 2 aromatic carbocycles. The van der Waals surface area contributed by atoms with Gasteiger partial charge in [0.25, 0.3) is 0 Å². The van der Waals surface area contributed by atoms with Crippen LogP contribution in [0.5, 0.6) is 5.75 Å². The molecule has 1 aromatic heterocycles. The lowest BCUT2D eigenvalue weighted by Crippen LogP contribution is -2.34. The monoisotopic (exact) mass is 337 g/mol. The predicted molar refractivity (Wildman–Crippen MR) is 91.8 cm³/mol. The number of tetrazole rings is 1. The molecule has 0 spiro atoms. The molecule has 0 radical (unpaired) electrons.